The van der Waals surface area contributed by atoms with Gasteiger partial charge in [0.05, 0.1) is 12.1 Å². The van der Waals surface area contributed by atoms with Crippen molar-refractivity contribution in [2.45, 2.75) is 0 Å². The quantitative estimate of drug-likeness (QED) is 0.726. The molecule has 0 bridgehead atoms. The van der Waals surface area contributed by atoms with Gasteiger partial charge in [-0.3, -0.25) is 19.4 Å². The van der Waals surface area contributed by atoms with Gasteiger partial charge in [-0.25, -0.2) is 0 Å². The number of nitrogens with zero attached hydrogens (tertiary/aromatic N) is 1. The number of carbonyl (C=O) groups excluding carboxylic acids is 2. The topological polar surface area (TPSA) is 108 Å². The summed E-state index contributed by atoms with van der Waals surface area (Å²) in [5.74, 6) is -2.11. The van der Waals surface area contributed by atoms with Gasteiger partial charge < -0.3 is 15.7 Å². The van der Waals surface area contributed by atoms with Crippen LogP contribution in [0, 0.1) is 0 Å². The third-order valence-corrected chi connectivity index (χ3v) is 2.71. The van der Waals surface area contributed by atoms with E-state index in [1.165, 1.54) is 0 Å². The Balaban J connectivity index is 1.95. The summed E-state index contributed by atoms with van der Waals surface area (Å²) in [5, 5.41) is 13.8. The number of amides is 2. The number of nitrogens with one attached hydrogen (secondary N) is 2. The highest BCUT2D eigenvalue weighted by Gasteiger charge is 2.09. The molecule has 0 spiro atoms. The fraction of sp³-hybridized carbons (Fsp3) is 0.143. The molecule has 1 heterocycles. The normalized spacial score (nSPS) is 10.1. The number of carbonyl (C=O) groups is 3. The van der Waals surface area contributed by atoms with E-state index in [0.717, 1.165) is 10.9 Å². The van der Waals surface area contributed by atoms with Gasteiger partial charge >= 0.3 is 5.97 Å². The minimum Gasteiger partial charge on any atom is -0.480 e. The molecule has 2 rings (SSSR count). The lowest BCUT2D eigenvalue weighted by molar-refractivity contribution is -0.137. The summed E-state index contributed by atoms with van der Waals surface area (Å²) in [5.41, 5.74) is 1.18. The molecule has 7 nitrogen and oxygen atoms in total. The zero-order chi connectivity index (χ0) is 15.2. The van der Waals surface area contributed by atoms with E-state index < -0.39 is 24.3 Å². The summed E-state index contributed by atoms with van der Waals surface area (Å²) in [7, 11) is 0. The van der Waals surface area contributed by atoms with E-state index in [0.29, 0.717) is 5.56 Å². The van der Waals surface area contributed by atoms with Crippen molar-refractivity contribution in [3.8, 4) is 0 Å². The number of fused-ring (bicyclic) bond motifs is 1. The van der Waals surface area contributed by atoms with E-state index in [4.69, 9.17) is 5.11 Å². The Morgan fingerprint density at radius 1 is 1.10 bits per heavy atom. The van der Waals surface area contributed by atoms with Crippen LogP contribution in [-0.4, -0.2) is 41.0 Å². The van der Waals surface area contributed by atoms with Crippen LogP contribution < -0.4 is 10.6 Å². The Kier molecular flexibility index (Phi) is 4.45. The third-order valence-electron chi connectivity index (χ3n) is 2.71. The Hall–Kier alpha value is -2.96. The van der Waals surface area contributed by atoms with Crippen molar-refractivity contribution >= 4 is 28.7 Å². The van der Waals surface area contributed by atoms with Crippen molar-refractivity contribution in [2.75, 3.05) is 13.1 Å². The largest absolute Gasteiger partial charge is 0.480 e. The van der Waals surface area contributed by atoms with Crippen LogP contribution in [0.25, 0.3) is 10.9 Å². The molecule has 1 aromatic carbocycles. The molecule has 2 amide bonds. The Morgan fingerprint density at radius 2 is 1.90 bits per heavy atom. The third kappa shape index (κ3) is 4.00. The van der Waals surface area contributed by atoms with Gasteiger partial charge in [-0.05, 0) is 24.3 Å². The summed E-state index contributed by atoms with van der Waals surface area (Å²) in [6, 6.07) is 8.60. The average molecular weight is 287 g/mol. The van der Waals surface area contributed by atoms with Crippen molar-refractivity contribution in [3.63, 3.8) is 0 Å². The molecule has 0 aliphatic carbocycles. The SMILES string of the molecule is O=C(O)CNC(=O)CNC(=O)c1ccc2ncccc2c1. The van der Waals surface area contributed by atoms with Crippen LogP contribution in [0.1, 0.15) is 10.4 Å². The predicted molar refractivity (Wildman–Crippen MR) is 74.7 cm³/mol. The minimum atomic E-state index is -1.14. The minimum absolute atomic E-state index is 0.281. The molecular formula is C14H13N3O4. The van der Waals surface area contributed by atoms with E-state index in [-0.39, 0.29) is 6.54 Å². The van der Waals surface area contributed by atoms with Crippen LogP contribution in [0.15, 0.2) is 36.5 Å². The summed E-state index contributed by atoms with van der Waals surface area (Å²) < 4.78 is 0. The fourth-order valence-electron chi connectivity index (χ4n) is 1.72. The van der Waals surface area contributed by atoms with E-state index in [2.05, 4.69) is 15.6 Å². The molecule has 0 aliphatic heterocycles. The number of benzene rings is 1. The Labute approximate surface area is 120 Å². The number of rotatable bonds is 5. The monoisotopic (exact) mass is 287 g/mol. The number of hydrogen-bond donors (Lipinski definition) is 3. The van der Waals surface area contributed by atoms with Crippen LogP contribution in [0.4, 0.5) is 0 Å². The van der Waals surface area contributed by atoms with Crippen molar-refractivity contribution in [2.24, 2.45) is 0 Å². The maximum Gasteiger partial charge on any atom is 0.322 e. The average Bonchev–Trinajstić information content (AvgIpc) is 2.50. The van der Waals surface area contributed by atoms with Gasteiger partial charge in [0.1, 0.15) is 6.54 Å². The van der Waals surface area contributed by atoms with E-state index >= 15 is 0 Å². The van der Waals surface area contributed by atoms with Crippen LogP contribution in [0.3, 0.4) is 0 Å². The first-order valence-electron chi connectivity index (χ1n) is 6.18. The zero-order valence-electron chi connectivity index (χ0n) is 11.0. The second-order valence-corrected chi connectivity index (χ2v) is 4.26. The maximum absolute atomic E-state index is 11.9. The van der Waals surface area contributed by atoms with Gasteiger partial charge in [0.2, 0.25) is 5.91 Å². The second kappa shape index (κ2) is 6.47. The fourth-order valence-corrected chi connectivity index (χ4v) is 1.72. The molecule has 3 N–H and O–H groups in total. The first-order valence-corrected chi connectivity index (χ1v) is 6.18. The molecular weight excluding hydrogens is 274 g/mol. The Morgan fingerprint density at radius 3 is 2.67 bits per heavy atom. The molecule has 2 aromatic rings. The van der Waals surface area contributed by atoms with Gasteiger partial charge in [0, 0.05) is 17.1 Å². The second-order valence-electron chi connectivity index (χ2n) is 4.26. The highest BCUT2D eigenvalue weighted by molar-refractivity contribution is 5.99. The molecule has 0 fully saturated rings. The Bertz CT molecular complexity index is 699. The lowest BCUT2D eigenvalue weighted by Gasteiger charge is -2.06. The standard InChI is InChI=1S/C14H13N3O4/c18-12(16-8-13(19)20)7-17-14(21)10-3-4-11-9(6-10)2-1-5-15-11/h1-6H,7-8H2,(H,16,18)(H,17,21)(H,19,20). The van der Waals surface area contributed by atoms with Crippen LogP contribution in [0.2, 0.25) is 0 Å². The number of pyridine rings is 1. The van der Waals surface area contributed by atoms with Crippen LogP contribution in [0.5, 0.6) is 0 Å². The number of aliphatic carboxylic acids is 1. The number of carboxylic acid groups (broad SMARTS) is 1. The molecule has 0 saturated heterocycles. The van der Waals surface area contributed by atoms with Gasteiger partial charge in [-0.1, -0.05) is 6.07 Å². The molecule has 21 heavy (non-hydrogen) atoms. The van der Waals surface area contributed by atoms with Crippen molar-refractivity contribution in [3.05, 3.63) is 42.1 Å². The number of aromatic nitrogens is 1. The zero-order valence-corrected chi connectivity index (χ0v) is 11.0. The molecule has 0 radical (unpaired) electrons. The van der Waals surface area contributed by atoms with E-state index in [9.17, 15) is 14.4 Å². The van der Waals surface area contributed by atoms with Gasteiger partial charge in [0.15, 0.2) is 0 Å². The van der Waals surface area contributed by atoms with Crippen LogP contribution >= 0.6 is 0 Å². The summed E-state index contributed by atoms with van der Waals surface area (Å²) >= 11 is 0. The summed E-state index contributed by atoms with van der Waals surface area (Å²) in [6.45, 7) is -0.756. The van der Waals surface area contributed by atoms with E-state index in [1.54, 1.807) is 30.5 Å². The van der Waals surface area contributed by atoms with Crippen molar-refractivity contribution < 1.29 is 19.5 Å². The summed E-state index contributed by atoms with van der Waals surface area (Å²) in [6.07, 6.45) is 1.66. The first-order chi connectivity index (χ1) is 10.1. The molecule has 0 saturated carbocycles. The number of hydrogen-bond acceptors (Lipinski definition) is 4. The summed E-state index contributed by atoms with van der Waals surface area (Å²) in [4.78, 5) is 37.6. The molecule has 108 valence electrons. The molecule has 7 heteroatoms. The lowest BCUT2D eigenvalue weighted by Crippen LogP contribution is -2.39. The molecule has 0 aliphatic rings. The molecule has 0 atom stereocenters. The van der Waals surface area contributed by atoms with Crippen molar-refractivity contribution in [1.29, 1.82) is 0 Å². The first kappa shape index (κ1) is 14.4. The van der Waals surface area contributed by atoms with Crippen LogP contribution in [-0.2, 0) is 9.59 Å². The van der Waals surface area contributed by atoms with Gasteiger partial charge in [0.25, 0.3) is 5.91 Å². The molecule has 1 aromatic heterocycles. The number of carboxylic acids is 1. The smallest absolute Gasteiger partial charge is 0.322 e. The van der Waals surface area contributed by atoms with E-state index in [1.807, 2.05) is 6.07 Å². The van der Waals surface area contributed by atoms with Crippen molar-refractivity contribution in [1.82, 2.24) is 15.6 Å². The van der Waals surface area contributed by atoms with Gasteiger partial charge in [-0.2, -0.15) is 0 Å². The predicted octanol–water partition coefficient (Wildman–Crippen LogP) is 0.165. The maximum atomic E-state index is 11.9. The molecule has 0 unspecified atom stereocenters. The lowest BCUT2D eigenvalue weighted by atomic mass is 10.1. The highest BCUT2D eigenvalue weighted by Crippen LogP contribution is 2.13. The highest BCUT2D eigenvalue weighted by atomic mass is 16.4. The van der Waals surface area contributed by atoms with Gasteiger partial charge in [-0.15, -0.1) is 0 Å².